The molecule has 2 fully saturated rings. The summed E-state index contributed by atoms with van der Waals surface area (Å²) in [6.45, 7) is 0. The molecule has 0 spiro atoms. The van der Waals surface area contributed by atoms with E-state index in [2.05, 4.69) is 137 Å². The molecule has 0 aromatic heterocycles. The predicted octanol–water partition coefficient (Wildman–Crippen LogP) is 13.1. The van der Waals surface area contributed by atoms with Gasteiger partial charge in [-0.15, -0.1) is 0 Å². The molecule has 288 valence electrons. The van der Waals surface area contributed by atoms with Gasteiger partial charge >= 0.3 is 0 Å². The number of hydrogen-bond acceptors (Lipinski definition) is 2. The van der Waals surface area contributed by atoms with Crippen molar-refractivity contribution in [3.63, 3.8) is 0 Å². The van der Waals surface area contributed by atoms with Crippen molar-refractivity contribution in [1.29, 1.82) is 0 Å². The Morgan fingerprint density at radius 3 is 2.36 bits per heavy atom. The highest BCUT2D eigenvalue weighted by Crippen LogP contribution is 2.51. The molecule has 10 unspecified atom stereocenters. The Hall–Kier alpha value is -4.04. The lowest BCUT2D eigenvalue weighted by molar-refractivity contribution is 0.251. The third kappa shape index (κ3) is 6.29. The van der Waals surface area contributed by atoms with Crippen molar-refractivity contribution in [3.8, 4) is 0 Å². The fraction of sp³-hybridized carbons (Fsp3) is 0.481. The van der Waals surface area contributed by atoms with E-state index in [9.17, 15) is 0 Å². The fourth-order valence-electron chi connectivity index (χ4n) is 13.2. The normalized spacial score (nSPS) is 37.1. The average molecular weight is 739 g/mol. The van der Waals surface area contributed by atoms with Crippen molar-refractivity contribution in [2.24, 2.45) is 35.5 Å². The SMILES string of the molecule is C1=CC2c3cc(C4=CC(C5C=CC6C(C5)C5C=CC=CC5N6C5=CC=C(C6CC=CCC6)CC5)CC=C4)ccc3N(C3C=C(C4CCCCC4)CCC3)C2C=C1. The van der Waals surface area contributed by atoms with Crippen LogP contribution in [-0.2, 0) is 0 Å². The molecule has 0 bridgehead atoms. The number of allylic oxidation sites excluding steroid dienone is 16. The van der Waals surface area contributed by atoms with E-state index in [1.54, 1.807) is 16.8 Å². The van der Waals surface area contributed by atoms with Crippen molar-refractivity contribution < 1.29 is 0 Å². The number of likely N-dealkylation sites (tertiary alicyclic amines) is 1. The Morgan fingerprint density at radius 2 is 1.48 bits per heavy atom. The first-order valence-electron chi connectivity index (χ1n) is 23.0. The van der Waals surface area contributed by atoms with Crippen LogP contribution in [0.25, 0.3) is 5.57 Å². The number of fused-ring (bicyclic) bond motifs is 6. The van der Waals surface area contributed by atoms with Crippen LogP contribution < -0.4 is 4.90 Å². The molecule has 1 aromatic rings. The molecule has 11 rings (SSSR count). The molecule has 10 aliphatic rings. The lowest BCUT2D eigenvalue weighted by atomic mass is 9.71. The molecule has 10 atom stereocenters. The van der Waals surface area contributed by atoms with Gasteiger partial charge in [-0.1, -0.05) is 140 Å². The quantitative estimate of drug-likeness (QED) is 0.268. The van der Waals surface area contributed by atoms with Crippen LogP contribution in [-0.4, -0.2) is 29.1 Å². The summed E-state index contributed by atoms with van der Waals surface area (Å²) in [4.78, 5) is 5.66. The van der Waals surface area contributed by atoms with Crippen molar-refractivity contribution in [2.75, 3.05) is 4.90 Å². The van der Waals surface area contributed by atoms with E-state index in [-0.39, 0.29) is 0 Å². The number of benzene rings is 1. The molecule has 1 saturated heterocycles. The maximum absolute atomic E-state index is 2.84. The minimum atomic E-state index is 0.427. The van der Waals surface area contributed by atoms with E-state index in [0.29, 0.717) is 53.8 Å². The van der Waals surface area contributed by atoms with E-state index < -0.39 is 0 Å². The largest absolute Gasteiger partial charge is 0.361 e. The van der Waals surface area contributed by atoms with Crippen LogP contribution in [0.5, 0.6) is 0 Å². The molecular weight excluding hydrogens is 677 g/mol. The van der Waals surface area contributed by atoms with Crippen LogP contribution >= 0.6 is 0 Å². The first kappa shape index (κ1) is 35.1. The summed E-state index contributed by atoms with van der Waals surface area (Å²) in [7, 11) is 0. The van der Waals surface area contributed by atoms with Crippen LogP contribution in [0.3, 0.4) is 0 Å². The molecular formula is C54H62N2. The molecule has 0 radical (unpaired) electrons. The Bertz CT molecular complexity index is 2030. The van der Waals surface area contributed by atoms with Gasteiger partial charge in [-0.3, -0.25) is 0 Å². The Balaban J connectivity index is 0.844. The Kier molecular flexibility index (Phi) is 9.44. The van der Waals surface area contributed by atoms with Gasteiger partial charge in [-0.25, -0.2) is 0 Å². The summed E-state index contributed by atoms with van der Waals surface area (Å²) < 4.78 is 0. The third-order valence-electron chi connectivity index (χ3n) is 16.0. The van der Waals surface area contributed by atoms with Gasteiger partial charge in [0.15, 0.2) is 0 Å². The van der Waals surface area contributed by atoms with E-state index in [0.717, 1.165) is 18.3 Å². The van der Waals surface area contributed by atoms with Gasteiger partial charge in [0.25, 0.3) is 0 Å². The van der Waals surface area contributed by atoms with Crippen LogP contribution in [0.2, 0.25) is 0 Å². The van der Waals surface area contributed by atoms with Crippen LogP contribution in [0.1, 0.15) is 113 Å². The average Bonchev–Trinajstić information content (AvgIpc) is 3.79. The zero-order valence-corrected chi connectivity index (χ0v) is 33.5. The molecule has 2 heteroatoms. The highest BCUT2D eigenvalue weighted by molar-refractivity contribution is 5.79. The first-order valence-corrected chi connectivity index (χ1v) is 23.0. The molecule has 0 amide bonds. The standard InChI is InChI=1S/C54H62N2/c1-3-13-37(14-4-1)39-25-29-45(30-26-39)55-51-23-9-7-21-47(51)49-35-43(27-31-53(49)55)40-17-11-18-41(33-40)44-28-32-54-50(36-44)48-22-8-10-24-52(48)56(54)46-20-12-19-42(34-46)38-15-5-2-6-16-38/h1,3,7-11,18,21-25,27-29,31-34,36-38,40,43,46-49,51-53H,2,4-6,12-17,19-20,26,30,35H2. The molecule has 1 saturated carbocycles. The highest BCUT2D eigenvalue weighted by atomic mass is 15.2. The molecule has 2 nitrogen and oxygen atoms in total. The minimum absolute atomic E-state index is 0.427. The Labute approximate surface area is 337 Å². The minimum Gasteiger partial charge on any atom is -0.361 e. The fourth-order valence-corrected chi connectivity index (χ4v) is 13.2. The summed E-state index contributed by atoms with van der Waals surface area (Å²) in [6.07, 6.45) is 64.4. The monoisotopic (exact) mass is 738 g/mol. The number of nitrogens with zero attached hydrogens (tertiary/aromatic N) is 2. The smallest absolute Gasteiger partial charge is 0.0586 e. The number of anilines is 1. The van der Waals surface area contributed by atoms with Gasteiger partial charge in [0.2, 0.25) is 0 Å². The molecule has 0 N–H and O–H groups in total. The van der Waals surface area contributed by atoms with E-state index >= 15 is 0 Å². The van der Waals surface area contributed by atoms with Gasteiger partial charge in [-0.05, 0) is 142 Å². The predicted molar refractivity (Wildman–Crippen MR) is 235 cm³/mol. The maximum atomic E-state index is 2.84. The van der Waals surface area contributed by atoms with Crippen LogP contribution in [0.15, 0.2) is 144 Å². The van der Waals surface area contributed by atoms with Gasteiger partial charge in [0.05, 0.1) is 18.1 Å². The van der Waals surface area contributed by atoms with Gasteiger partial charge < -0.3 is 9.80 Å². The second kappa shape index (κ2) is 15.0. The summed E-state index contributed by atoms with van der Waals surface area (Å²) >= 11 is 0. The number of hydrogen-bond donors (Lipinski definition) is 0. The summed E-state index contributed by atoms with van der Waals surface area (Å²) in [6, 6.07) is 9.46. The summed E-state index contributed by atoms with van der Waals surface area (Å²) in [5, 5.41) is 0. The highest BCUT2D eigenvalue weighted by Gasteiger charge is 2.49. The Morgan fingerprint density at radius 1 is 0.589 bits per heavy atom. The lowest BCUT2D eigenvalue weighted by Crippen LogP contribution is -2.41. The maximum Gasteiger partial charge on any atom is 0.0586 e. The van der Waals surface area contributed by atoms with E-state index in [1.165, 1.54) is 112 Å². The lowest BCUT2D eigenvalue weighted by Gasteiger charge is -2.38. The van der Waals surface area contributed by atoms with Gasteiger partial charge in [0, 0.05) is 29.3 Å². The van der Waals surface area contributed by atoms with Crippen molar-refractivity contribution in [2.45, 2.75) is 126 Å². The molecule has 2 aliphatic heterocycles. The number of rotatable bonds is 6. The van der Waals surface area contributed by atoms with Crippen LogP contribution in [0, 0.1) is 35.5 Å². The van der Waals surface area contributed by atoms with Crippen molar-refractivity contribution >= 4 is 11.3 Å². The third-order valence-corrected chi connectivity index (χ3v) is 16.0. The van der Waals surface area contributed by atoms with Crippen molar-refractivity contribution in [3.05, 3.63) is 156 Å². The molecule has 1 aromatic carbocycles. The van der Waals surface area contributed by atoms with Crippen LogP contribution in [0.4, 0.5) is 5.69 Å². The second-order valence-corrected chi connectivity index (χ2v) is 19.0. The van der Waals surface area contributed by atoms with E-state index in [1.807, 2.05) is 0 Å². The molecule has 2 heterocycles. The zero-order valence-electron chi connectivity index (χ0n) is 33.5. The zero-order chi connectivity index (χ0) is 37.0. The molecule has 56 heavy (non-hydrogen) atoms. The molecule has 8 aliphatic carbocycles. The summed E-state index contributed by atoms with van der Waals surface area (Å²) in [5.41, 5.74) is 10.9. The van der Waals surface area contributed by atoms with Crippen molar-refractivity contribution in [1.82, 2.24) is 4.90 Å². The summed E-state index contributed by atoms with van der Waals surface area (Å²) in [5.74, 6) is 4.42. The topological polar surface area (TPSA) is 6.48 Å². The second-order valence-electron chi connectivity index (χ2n) is 19.0. The van der Waals surface area contributed by atoms with Gasteiger partial charge in [-0.2, -0.15) is 0 Å². The first-order chi connectivity index (χ1) is 27.8. The van der Waals surface area contributed by atoms with E-state index in [4.69, 9.17) is 0 Å². The van der Waals surface area contributed by atoms with Gasteiger partial charge in [0.1, 0.15) is 0 Å².